The van der Waals surface area contributed by atoms with Gasteiger partial charge in [-0.2, -0.15) is 5.10 Å². The summed E-state index contributed by atoms with van der Waals surface area (Å²) in [5.74, 6) is 0.444. The van der Waals surface area contributed by atoms with E-state index < -0.39 is 0 Å². The van der Waals surface area contributed by atoms with Crippen molar-refractivity contribution in [3.05, 3.63) is 17.4 Å². The highest BCUT2D eigenvalue weighted by Crippen LogP contribution is 2.28. The summed E-state index contributed by atoms with van der Waals surface area (Å²) < 4.78 is 1.72. The highest BCUT2D eigenvalue weighted by Gasteiger charge is 2.28. The molecular formula is C9H12ClN3O. The predicted octanol–water partition coefficient (Wildman–Crippen LogP) is 1.06. The van der Waals surface area contributed by atoms with E-state index in [9.17, 15) is 4.79 Å². The van der Waals surface area contributed by atoms with Gasteiger partial charge in [-0.15, -0.1) is 0 Å². The summed E-state index contributed by atoms with van der Waals surface area (Å²) in [4.78, 5) is 11.2. The Balaban J connectivity index is 1.69. The summed E-state index contributed by atoms with van der Waals surface area (Å²) >= 11 is 5.69. The molecular weight excluding hydrogens is 202 g/mol. The summed E-state index contributed by atoms with van der Waals surface area (Å²) in [5, 5.41) is 7.49. The molecule has 1 aromatic heterocycles. The maximum absolute atomic E-state index is 11.2. The van der Waals surface area contributed by atoms with Gasteiger partial charge in [-0.3, -0.25) is 9.48 Å². The summed E-state index contributed by atoms with van der Waals surface area (Å²) in [6.07, 6.45) is 5.41. The first-order chi connectivity index (χ1) is 6.75. The van der Waals surface area contributed by atoms with Gasteiger partial charge in [-0.05, 0) is 12.8 Å². The van der Waals surface area contributed by atoms with E-state index in [2.05, 4.69) is 10.4 Å². The number of rotatable bonds is 4. The molecule has 0 saturated heterocycles. The number of carbonyl (C=O) groups excluding carboxylic acids is 1. The molecule has 1 aromatic rings. The number of nitrogens with one attached hydrogen (secondary N) is 1. The van der Waals surface area contributed by atoms with Crippen LogP contribution in [0, 0.1) is 5.92 Å². The van der Waals surface area contributed by atoms with E-state index in [0.29, 0.717) is 18.1 Å². The minimum atomic E-state index is 0.170. The average Bonchev–Trinajstić information content (AvgIpc) is 2.92. The van der Waals surface area contributed by atoms with Crippen LogP contribution in [0.3, 0.4) is 0 Å². The lowest BCUT2D eigenvalue weighted by molar-refractivity contribution is -0.122. The van der Waals surface area contributed by atoms with Crippen molar-refractivity contribution in [2.45, 2.75) is 19.4 Å². The molecule has 0 aliphatic heterocycles. The molecule has 1 fully saturated rings. The van der Waals surface area contributed by atoms with Crippen LogP contribution < -0.4 is 5.32 Å². The Bertz CT molecular complexity index is 333. The molecule has 4 nitrogen and oxygen atoms in total. The first kappa shape index (κ1) is 9.52. The van der Waals surface area contributed by atoms with Gasteiger partial charge in [-0.1, -0.05) is 11.6 Å². The number of carbonyl (C=O) groups is 1. The molecule has 0 bridgehead atoms. The first-order valence-electron chi connectivity index (χ1n) is 4.71. The van der Waals surface area contributed by atoms with Gasteiger partial charge in [0.2, 0.25) is 5.91 Å². The number of halogens is 1. The Labute approximate surface area is 87.2 Å². The van der Waals surface area contributed by atoms with Gasteiger partial charge < -0.3 is 5.32 Å². The third-order valence-corrected chi connectivity index (χ3v) is 2.39. The van der Waals surface area contributed by atoms with Crippen molar-refractivity contribution in [2.75, 3.05) is 6.54 Å². The lowest BCUT2D eigenvalue weighted by Crippen LogP contribution is -2.28. The van der Waals surface area contributed by atoms with Crippen molar-refractivity contribution in [1.29, 1.82) is 0 Å². The van der Waals surface area contributed by atoms with Crippen molar-refractivity contribution in [3.8, 4) is 0 Å². The number of hydrogen-bond donors (Lipinski definition) is 1. The lowest BCUT2D eigenvalue weighted by atomic mass is 10.4. The second-order valence-electron chi connectivity index (χ2n) is 3.49. The van der Waals surface area contributed by atoms with Crippen LogP contribution >= 0.6 is 11.6 Å². The second kappa shape index (κ2) is 4.00. The minimum absolute atomic E-state index is 0.170. The minimum Gasteiger partial charge on any atom is -0.354 e. The zero-order chi connectivity index (χ0) is 9.97. The predicted molar refractivity (Wildman–Crippen MR) is 53.0 cm³/mol. The quantitative estimate of drug-likeness (QED) is 0.813. The molecule has 14 heavy (non-hydrogen) atoms. The molecule has 0 aromatic carbocycles. The smallest absolute Gasteiger partial charge is 0.223 e. The van der Waals surface area contributed by atoms with Crippen molar-refractivity contribution in [2.24, 2.45) is 5.92 Å². The van der Waals surface area contributed by atoms with E-state index in [1.807, 2.05) is 0 Å². The normalized spacial score (nSPS) is 15.5. The van der Waals surface area contributed by atoms with Crippen LogP contribution in [0.25, 0.3) is 0 Å². The van der Waals surface area contributed by atoms with Crippen molar-refractivity contribution in [1.82, 2.24) is 15.1 Å². The third-order valence-electron chi connectivity index (χ3n) is 2.19. The molecule has 0 spiro atoms. The zero-order valence-electron chi connectivity index (χ0n) is 7.74. The van der Waals surface area contributed by atoms with Gasteiger partial charge in [0, 0.05) is 18.7 Å². The van der Waals surface area contributed by atoms with Gasteiger partial charge in [-0.25, -0.2) is 0 Å². The lowest BCUT2D eigenvalue weighted by Gasteiger charge is -2.03. The van der Waals surface area contributed by atoms with Crippen LogP contribution in [0.1, 0.15) is 12.8 Å². The summed E-state index contributed by atoms with van der Waals surface area (Å²) in [5.41, 5.74) is 0. The Morgan fingerprint density at radius 3 is 3.07 bits per heavy atom. The van der Waals surface area contributed by atoms with Gasteiger partial charge in [0.15, 0.2) is 0 Å². The fourth-order valence-electron chi connectivity index (χ4n) is 1.24. The topological polar surface area (TPSA) is 46.9 Å². The number of hydrogen-bond acceptors (Lipinski definition) is 2. The highest BCUT2D eigenvalue weighted by molar-refractivity contribution is 6.30. The van der Waals surface area contributed by atoms with Crippen LogP contribution in [0.5, 0.6) is 0 Å². The maximum atomic E-state index is 11.2. The Kier molecular flexibility index (Phi) is 2.72. The first-order valence-corrected chi connectivity index (χ1v) is 5.09. The summed E-state index contributed by atoms with van der Waals surface area (Å²) in [6.45, 7) is 1.29. The molecule has 0 unspecified atom stereocenters. The van der Waals surface area contributed by atoms with Crippen molar-refractivity contribution in [3.63, 3.8) is 0 Å². The molecule has 1 heterocycles. The number of nitrogens with zero attached hydrogens (tertiary/aromatic N) is 2. The fraction of sp³-hybridized carbons (Fsp3) is 0.556. The Morgan fingerprint density at radius 1 is 1.71 bits per heavy atom. The molecule has 0 radical (unpaired) electrons. The summed E-state index contributed by atoms with van der Waals surface area (Å²) in [7, 11) is 0. The summed E-state index contributed by atoms with van der Waals surface area (Å²) in [6, 6.07) is 0. The van der Waals surface area contributed by atoms with Gasteiger partial charge in [0.1, 0.15) is 0 Å². The van der Waals surface area contributed by atoms with Crippen LogP contribution in [-0.4, -0.2) is 22.2 Å². The molecule has 1 aliphatic carbocycles. The fourth-order valence-corrected chi connectivity index (χ4v) is 1.40. The molecule has 2 rings (SSSR count). The second-order valence-corrected chi connectivity index (χ2v) is 3.92. The van der Waals surface area contributed by atoms with E-state index in [-0.39, 0.29) is 11.8 Å². The maximum Gasteiger partial charge on any atom is 0.223 e. The van der Waals surface area contributed by atoms with E-state index in [4.69, 9.17) is 11.6 Å². The molecule has 1 saturated carbocycles. The van der Waals surface area contributed by atoms with Crippen LogP contribution in [0.2, 0.25) is 5.02 Å². The Morgan fingerprint density at radius 2 is 2.50 bits per heavy atom. The van der Waals surface area contributed by atoms with E-state index in [1.165, 1.54) is 0 Å². The van der Waals surface area contributed by atoms with E-state index >= 15 is 0 Å². The third kappa shape index (κ3) is 2.48. The van der Waals surface area contributed by atoms with E-state index in [1.54, 1.807) is 17.1 Å². The highest BCUT2D eigenvalue weighted by atomic mass is 35.5. The number of aromatic nitrogens is 2. The van der Waals surface area contributed by atoms with Crippen molar-refractivity contribution >= 4 is 17.5 Å². The molecule has 1 aliphatic rings. The number of amides is 1. The molecule has 76 valence electrons. The van der Waals surface area contributed by atoms with Crippen molar-refractivity contribution < 1.29 is 4.79 Å². The van der Waals surface area contributed by atoms with Crippen LogP contribution in [-0.2, 0) is 11.3 Å². The SMILES string of the molecule is O=C(NCCn1cc(Cl)cn1)C1CC1. The van der Waals surface area contributed by atoms with E-state index in [0.717, 1.165) is 12.8 Å². The standard InChI is InChI=1S/C9H12ClN3O/c10-8-5-12-13(6-8)4-3-11-9(14)7-1-2-7/h5-7H,1-4H2,(H,11,14). The zero-order valence-corrected chi connectivity index (χ0v) is 8.50. The van der Waals surface area contributed by atoms with Gasteiger partial charge in [0.05, 0.1) is 17.8 Å². The Hall–Kier alpha value is -1.03. The monoisotopic (exact) mass is 213 g/mol. The molecule has 1 N–H and O–H groups in total. The van der Waals surface area contributed by atoms with Crippen LogP contribution in [0.15, 0.2) is 12.4 Å². The van der Waals surface area contributed by atoms with Crippen LogP contribution in [0.4, 0.5) is 0 Å². The molecule has 1 amide bonds. The molecule has 5 heteroatoms. The van der Waals surface area contributed by atoms with Gasteiger partial charge >= 0.3 is 0 Å². The average molecular weight is 214 g/mol. The van der Waals surface area contributed by atoms with Gasteiger partial charge in [0.25, 0.3) is 0 Å². The molecule has 0 atom stereocenters. The largest absolute Gasteiger partial charge is 0.354 e.